The average molecular weight is 321 g/mol. The number of hydrogen-bond donors (Lipinski definition) is 0. The van der Waals surface area contributed by atoms with Crippen LogP contribution in [0.25, 0.3) is 0 Å². The predicted molar refractivity (Wildman–Crippen MR) is 84.2 cm³/mol. The molecule has 0 bridgehead atoms. The molecule has 2 atom stereocenters. The summed E-state index contributed by atoms with van der Waals surface area (Å²) in [6.07, 6.45) is 4.36. The lowest BCUT2D eigenvalue weighted by Crippen LogP contribution is -2.32. The van der Waals surface area contributed by atoms with Crippen LogP contribution in [0.1, 0.15) is 25.0 Å². The maximum absolute atomic E-state index is 13.8. The Bertz CT molecular complexity index is 548. The van der Waals surface area contributed by atoms with E-state index in [0.29, 0.717) is 25.2 Å². The molecule has 2 aliphatic heterocycles. The van der Waals surface area contributed by atoms with Crippen LogP contribution in [0, 0.1) is 11.7 Å². The molecule has 2 saturated heterocycles. The Morgan fingerprint density at radius 3 is 2.87 bits per heavy atom. The SMILES string of the molecule is CO[C@H]1CN(Cc2ncccc2F)C[C@@H]1CC(=O)N1CCCC1. The first-order valence-corrected chi connectivity index (χ1v) is 8.29. The molecule has 0 N–H and O–H groups in total. The number of rotatable bonds is 5. The minimum atomic E-state index is -0.280. The van der Waals surface area contributed by atoms with E-state index < -0.39 is 0 Å². The third-order valence-corrected chi connectivity index (χ3v) is 4.86. The average Bonchev–Trinajstić information content (AvgIpc) is 3.19. The standard InChI is InChI=1S/C17H24FN3O2/c1-23-16-12-20(11-15-14(18)5-4-6-19-15)10-13(16)9-17(22)21-7-2-3-8-21/h4-6,13,16H,2-3,7-12H2,1H3/t13-,16-/m0/s1. The Morgan fingerprint density at radius 2 is 2.17 bits per heavy atom. The second-order valence-electron chi connectivity index (χ2n) is 6.45. The summed E-state index contributed by atoms with van der Waals surface area (Å²) in [6, 6.07) is 3.03. The van der Waals surface area contributed by atoms with Gasteiger partial charge in [-0.3, -0.25) is 14.7 Å². The summed E-state index contributed by atoms with van der Waals surface area (Å²) < 4.78 is 19.3. The number of nitrogens with zero attached hydrogens (tertiary/aromatic N) is 3. The zero-order valence-electron chi connectivity index (χ0n) is 13.6. The van der Waals surface area contributed by atoms with Crippen LogP contribution in [-0.4, -0.2) is 60.1 Å². The van der Waals surface area contributed by atoms with Gasteiger partial charge in [0.05, 0.1) is 11.8 Å². The molecule has 1 amide bonds. The van der Waals surface area contributed by atoms with Gasteiger partial charge in [-0.15, -0.1) is 0 Å². The van der Waals surface area contributed by atoms with Gasteiger partial charge in [-0.05, 0) is 25.0 Å². The number of methoxy groups -OCH3 is 1. The van der Waals surface area contributed by atoms with Gasteiger partial charge in [-0.25, -0.2) is 4.39 Å². The van der Waals surface area contributed by atoms with Crippen molar-refractivity contribution < 1.29 is 13.9 Å². The molecule has 23 heavy (non-hydrogen) atoms. The molecule has 0 unspecified atom stereocenters. The fourth-order valence-electron chi connectivity index (χ4n) is 3.59. The van der Waals surface area contributed by atoms with Gasteiger partial charge < -0.3 is 9.64 Å². The number of aromatic nitrogens is 1. The van der Waals surface area contributed by atoms with Crippen molar-refractivity contribution >= 4 is 5.91 Å². The van der Waals surface area contributed by atoms with E-state index in [9.17, 15) is 9.18 Å². The molecule has 126 valence electrons. The Morgan fingerprint density at radius 1 is 1.39 bits per heavy atom. The van der Waals surface area contributed by atoms with Crippen molar-refractivity contribution in [3.63, 3.8) is 0 Å². The highest BCUT2D eigenvalue weighted by Gasteiger charge is 2.35. The lowest BCUT2D eigenvalue weighted by atomic mass is 10.0. The van der Waals surface area contributed by atoms with Crippen molar-refractivity contribution in [2.24, 2.45) is 5.92 Å². The summed E-state index contributed by atoms with van der Waals surface area (Å²) in [4.78, 5) is 20.5. The molecule has 2 aliphatic rings. The molecule has 0 aromatic carbocycles. The number of halogens is 1. The maximum atomic E-state index is 13.8. The van der Waals surface area contributed by atoms with Crippen molar-refractivity contribution in [3.05, 3.63) is 29.8 Å². The number of likely N-dealkylation sites (tertiary alicyclic amines) is 2. The van der Waals surface area contributed by atoms with E-state index in [-0.39, 0.29) is 23.7 Å². The Balaban J connectivity index is 1.59. The lowest BCUT2D eigenvalue weighted by molar-refractivity contribution is -0.131. The number of pyridine rings is 1. The third kappa shape index (κ3) is 3.87. The molecule has 0 spiro atoms. The molecule has 3 heterocycles. The van der Waals surface area contributed by atoms with Crippen molar-refractivity contribution in [1.82, 2.24) is 14.8 Å². The fraction of sp³-hybridized carbons (Fsp3) is 0.647. The van der Waals surface area contributed by atoms with E-state index in [1.54, 1.807) is 19.4 Å². The molecule has 3 rings (SSSR count). The highest BCUT2D eigenvalue weighted by atomic mass is 19.1. The van der Waals surface area contributed by atoms with Crippen LogP contribution in [0.5, 0.6) is 0 Å². The summed E-state index contributed by atoms with van der Waals surface area (Å²) >= 11 is 0. The first-order chi connectivity index (χ1) is 11.2. The van der Waals surface area contributed by atoms with Crippen LogP contribution >= 0.6 is 0 Å². The molecule has 0 saturated carbocycles. The zero-order valence-corrected chi connectivity index (χ0v) is 13.6. The predicted octanol–water partition coefficient (Wildman–Crippen LogP) is 1.68. The third-order valence-electron chi connectivity index (χ3n) is 4.86. The van der Waals surface area contributed by atoms with Gasteiger partial charge in [0.25, 0.3) is 0 Å². The van der Waals surface area contributed by atoms with Crippen LogP contribution in [0.2, 0.25) is 0 Å². The normalized spacial score (nSPS) is 25.2. The van der Waals surface area contributed by atoms with Gasteiger partial charge in [-0.2, -0.15) is 0 Å². The summed E-state index contributed by atoms with van der Waals surface area (Å²) in [5.74, 6) is 0.110. The van der Waals surface area contributed by atoms with Crippen molar-refractivity contribution in [1.29, 1.82) is 0 Å². The Kier molecular flexibility index (Phi) is 5.23. The highest BCUT2D eigenvalue weighted by Crippen LogP contribution is 2.26. The van der Waals surface area contributed by atoms with E-state index in [1.807, 2.05) is 4.90 Å². The number of amides is 1. The monoisotopic (exact) mass is 321 g/mol. The van der Waals surface area contributed by atoms with E-state index in [0.717, 1.165) is 32.5 Å². The highest BCUT2D eigenvalue weighted by molar-refractivity contribution is 5.76. The van der Waals surface area contributed by atoms with Gasteiger partial charge in [-0.1, -0.05) is 0 Å². The van der Waals surface area contributed by atoms with Crippen molar-refractivity contribution in [2.45, 2.75) is 31.9 Å². The summed E-state index contributed by atoms with van der Waals surface area (Å²) in [5.41, 5.74) is 0.453. The molecule has 1 aromatic heterocycles. The summed E-state index contributed by atoms with van der Waals surface area (Å²) in [7, 11) is 1.68. The maximum Gasteiger partial charge on any atom is 0.222 e. The van der Waals surface area contributed by atoms with Gasteiger partial charge in [0, 0.05) is 58.4 Å². The van der Waals surface area contributed by atoms with E-state index in [4.69, 9.17) is 4.74 Å². The van der Waals surface area contributed by atoms with E-state index in [1.165, 1.54) is 6.07 Å². The number of ether oxygens (including phenoxy) is 1. The molecule has 0 aliphatic carbocycles. The van der Waals surface area contributed by atoms with Gasteiger partial charge in [0.2, 0.25) is 5.91 Å². The first-order valence-electron chi connectivity index (χ1n) is 8.29. The molecular formula is C17H24FN3O2. The topological polar surface area (TPSA) is 45.7 Å². The molecule has 0 radical (unpaired) electrons. The lowest BCUT2D eigenvalue weighted by Gasteiger charge is -2.20. The van der Waals surface area contributed by atoms with Gasteiger partial charge in [0.1, 0.15) is 5.82 Å². The minimum absolute atomic E-state index is 0.0216. The summed E-state index contributed by atoms with van der Waals surface area (Å²) in [6.45, 7) is 3.68. The second-order valence-corrected chi connectivity index (χ2v) is 6.45. The number of hydrogen-bond acceptors (Lipinski definition) is 4. The molecule has 5 nitrogen and oxygen atoms in total. The second kappa shape index (κ2) is 7.36. The number of carbonyl (C=O) groups is 1. The van der Waals surface area contributed by atoms with Gasteiger partial charge >= 0.3 is 0 Å². The van der Waals surface area contributed by atoms with Gasteiger partial charge in [0.15, 0.2) is 0 Å². The Labute approximate surface area is 136 Å². The van der Waals surface area contributed by atoms with Crippen molar-refractivity contribution in [3.8, 4) is 0 Å². The van der Waals surface area contributed by atoms with Crippen LogP contribution in [-0.2, 0) is 16.1 Å². The van der Waals surface area contributed by atoms with Crippen molar-refractivity contribution in [2.75, 3.05) is 33.3 Å². The fourth-order valence-corrected chi connectivity index (χ4v) is 3.59. The molecule has 1 aromatic rings. The van der Waals surface area contributed by atoms with Crippen LogP contribution in [0.4, 0.5) is 4.39 Å². The van der Waals surface area contributed by atoms with Crippen LogP contribution < -0.4 is 0 Å². The molecule has 2 fully saturated rings. The Hall–Kier alpha value is -1.53. The zero-order chi connectivity index (χ0) is 16.2. The molecular weight excluding hydrogens is 297 g/mol. The molecule has 6 heteroatoms. The van der Waals surface area contributed by atoms with E-state index >= 15 is 0 Å². The quantitative estimate of drug-likeness (QED) is 0.828. The summed E-state index contributed by atoms with van der Waals surface area (Å²) in [5, 5.41) is 0. The smallest absolute Gasteiger partial charge is 0.222 e. The van der Waals surface area contributed by atoms with Crippen LogP contribution in [0.15, 0.2) is 18.3 Å². The number of carbonyl (C=O) groups excluding carboxylic acids is 1. The minimum Gasteiger partial charge on any atom is -0.380 e. The largest absolute Gasteiger partial charge is 0.380 e. The van der Waals surface area contributed by atoms with E-state index in [2.05, 4.69) is 9.88 Å². The first kappa shape index (κ1) is 16.3. The van der Waals surface area contributed by atoms with Crippen LogP contribution in [0.3, 0.4) is 0 Å².